The van der Waals surface area contributed by atoms with Crippen molar-refractivity contribution in [3.63, 3.8) is 0 Å². The van der Waals surface area contributed by atoms with E-state index in [2.05, 4.69) is 6.07 Å². The van der Waals surface area contributed by atoms with Gasteiger partial charge in [-0.25, -0.2) is 0 Å². The normalized spacial score (nSPS) is 13.0. The molecule has 2 aromatic heterocycles. The van der Waals surface area contributed by atoms with E-state index in [1.165, 1.54) is 14.4 Å². The molecule has 6 heteroatoms. The number of rotatable bonds is 4. The van der Waals surface area contributed by atoms with E-state index in [9.17, 15) is 4.79 Å². The number of aromatic nitrogens is 2. The van der Waals surface area contributed by atoms with Gasteiger partial charge in [0.15, 0.2) is 0 Å². The fraction of sp³-hybridized carbons (Fsp3) is 0.300. The third-order valence-corrected chi connectivity index (χ3v) is 5.75. The monoisotopic (exact) mass is 368 g/mol. The summed E-state index contributed by atoms with van der Waals surface area (Å²) in [5.74, 6) is 0.751. The van der Waals surface area contributed by atoms with Gasteiger partial charge < -0.3 is 9.47 Å². The first kappa shape index (κ1) is 17.0. The lowest BCUT2D eigenvalue weighted by molar-refractivity contribution is 0.187. The fourth-order valence-electron chi connectivity index (χ4n) is 3.34. The second kappa shape index (κ2) is 7.05. The number of fused-ring (bicyclic) bond motifs is 3. The highest BCUT2D eigenvalue weighted by atomic mass is 32.1. The summed E-state index contributed by atoms with van der Waals surface area (Å²) in [6, 6.07) is 11.3. The van der Waals surface area contributed by atoms with Crippen LogP contribution in [0.15, 0.2) is 41.2 Å². The molecular weight excluding hydrogens is 348 g/mol. The van der Waals surface area contributed by atoms with Gasteiger partial charge in [-0.15, -0.1) is 11.3 Å². The molecule has 1 aromatic carbocycles. The molecule has 5 nitrogen and oxygen atoms in total. The first-order valence-corrected chi connectivity index (χ1v) is 9.40. The van der Waals surface area contributed by atoms with Crippen LogP contribution in [0.5, 0.6) is 5.75 Å². The maximum Gasteiger partial charge on any atom is 0.271 e. The molecule has 3 aromatic rings. The van der Waals surface area contributed by atoms with Crippen molar-refractivity contribution < 1.29 is 9.47 Å². The summed E-state index contributed by atoms with van der Waals surface area (Å²) in [6.07, 6.45) is 2.92. The molecule has 0 saturated heterocycles. The Morgan fingerprint density at radius 3 is 2.69 bits per heavy atom. The van der Waals surface area contributed by atoms with Crippen molar-refractivity contribution in [3.05, 3.63) is 62.1 Å². The quantitative estimate of drug-likeness (QED) is 0.706. The molecule has 0 bridgehead atoms. The molecule has 1 aliphatic rings. The Hall–Kier alpha value is -2.44. The molecule has 2 heterocycles. The van der Waals surface area contributed by atoms with Crippen molar-refractivity contribution in [2.45, 2.75) is 25.9 Å². The maximum atomic E-state index is 12.6. The van der Waals surface area contributed by atoms with Gasteiger partial charge in [0.05, 0.1) is 25.1 Å². The smallest absolute Gasteiger partial charge is 0.271 e. The summed E-state index contributed by atoms with van der Waals surface area (Å²) >= 11 is 1.78. The van der Waals surface area contributed by atoms with E-state index in [1.807, 2.05) is 24.3 Å². The molecule has 1 aliphatic carbocycles. The first-order valence-electron chi connectivity index (χ1n) is 8.58. The van der Waals surface area contributed by atoms with Crippen LogP contribution in [0.1, 0.15) is 21.7 Å². The van der Waals surface area contributed by atoms with Crippen molar-refractivity contribution in [2.75, 3.05) is 14.2 Å². The van der Waals surface area contributed by atoms with E-state index in [-0.39, 0.29) is 5.56 Å². The minimum atomic E-state index is -0.107. The largest absolute Gasteiger partial charge is 0.497 e. The van der Waals surface area contributed by atoms with Gasteiger partial charge >= 0.3 is 0 Å². The number of nitrogens with zero attached hydrogens (tertiary/aromatic N) is 2. The van der Waals surface area contributed by atoms with Crippen LogP contribution in [0, 0.1) is 0 Å². The second-order valence-electron chi connectivity index (χ2n) is 6.30. The van der Waals surface area contributed by atoms with Crippen LogP contribution in [0.3, 0.4) is 0 Å². The molecule has 134 valence electrons. The minimum Gasteiger partial charge on any atom is -0.497 e. The van der Waals surface area contributed by atoms with Crippen molar-refractivity contribution in [3.8, 4) is 22.7 Å². The standard InChI is InChI=1S/C20H20N2O3S/c1-24-12-16-11-17-18(26-16)5-3-4-13-10-19(23)22(21-20(13)17)14-6-8-15(25-2)9-7-14/h6-11H,3-5,12H2,1-2H3. The van der Waals surface area contributed by atoms with E-state index >= 15 is 0 Å². The number of aryl methyl sites for hydroxylation is 2. The Morgan fingerprint density at radius 2 is 1.96 bits per heavy atom. The predicted octanol–water partition coefficient (Wildman–Crippen LogP) is 3.60. The number of hydrogen-bond acceptors (Lipinski definition) is 5. The van der Waals surface area contributed by atoms with Gasteiger partial charge in [0, 0.05) is 28.5 Å². The third kappa shape index (κ3) is 3.06. The topological polar surface area (TPSA) is 53.4 Å². The summed E-state index contributed by atoms with van der Waals surface area (Å²) in [5, 5.41) is 4.74. The Morgan fingerprint density at radius 1 is 1.15 bits per heavy atom. The average molecular weight is 368 g/mol. The third-order valence-electron chi connectivity index (χ3n) is 4.58. The summed E-state index contributed by atoms with van der Waals surface area (Å²) in [5.41, 5.74) is 3.70. The van der Waals surface area contributed by atoms with E-state index in [4.69, 9.17) is 14.6 Å². The van der Waals surface area contributed by atoms with Crippen LogP contribution < -0.4 is 10.3 Å². The second-order valence-corrected chi connectivity index (χ2v) is 7.52. The number of hydrogen-bond donors (Lipinski definition) is 0. The molecule has 0 radical (unpaired) electrons. The van der Waals surface area contributed by atoms with Gasteiger partial charge in [-0.05, 0) is 55.2 Å². The summed E-state index contributed by atoms with van der Waals surface area (Å²) < 4.78 is 12.0. The molecule has 0 saturated carbocycles. The number of benzene rings is 1. The van der Waals surface area contributed by atoms with Crippen molar-refractivity contribution in [2.24, 2.45) is 0 Å². The Kier molecular flexibility index (Phi) is 4.61. The zero-order valence-electron chi connectivity index (χ0n) is 14.8. The summed E-state index contributed by atoms with van der Waals surface area (Å²) in [6.45, 7) is 0.602. The molecule has 26 heavy (non-hydrogen) atoms. The Labute approximate surface area is 155 Å². The van der Waals surface area contributed by atoms with Gasteiger partial charge in [-0.2, -0.15) is 9.78 Å². The van der Waals surface area contributed by atoms with Crippen LogP contribution in [0.25, 0.3) is 16.9 Å². The van der Waals surface area contributed by atoms with E-state index in [0.29, 0.717) is 6.61 Å². The van der Waals surface area contributed by atoms with Crippen LogP contribution in [0.2, 0.25) is 0 Å². The lowest BCUT2D eigenvalue weighted by Gasteiger charge is -2.10. The highest BCUT2D eigenvalue weighted by molar-refractivity contribution is 7.12. The molecule has 0 fully saturated rings. The molecule has 4 rings (SSSR count). The van der Waals surface area contributed by atoms with Gasteiger partial charge in [-0.3, -0.25) is 4.79 Å². The summed E-state index contributed by atoms with van der Waals surface area (Å²) in [4.78, 5) is 15.1. The average Bonchev–Trinajstić information content (AvgIpc) is 2.97. The first-order chi connectivity index (χ1) is 12.7. The molecule has 0 atom stereocenters. The number of methoxy groups -OCH3 is 2. The molecule has 0 N–H and O–H groups in total. The SMILES string of the molecule is COCc1cc2c(s1)CCCc1cc(=O)n(-c3ccc(OC)cc3)nc1-2. The highest BCUT2D eigenvalue weighted by Gasteiger charge is 2.21. The lowest BCUT2D eigenvalue weighted by Crippen LogP contribution is -2.22. The molecule has 0 spiro atoms. The van der Waals surface area contributed by atoms with E-state index < -0.39 is 0 Å². The van der Waals surface area contributed by atoms with Crippen LogP contribution >= 0.6 is 11.3 Å². The predicted molar refractivity (Wildman–Crippen MR) is 102 cm³/mol. The number of thiophene rings is 1. The summed E-state index contributed by atoms with van der Waals surface area (Å²) in [7, 11) is 3.33. The van der Waals surface area contributed by atoms with Gasteiger partial charge in [-0.1, -0.05) is 0 Å². The van der Waals surface area contributed by atoms with Gasteiger partial charge in [0.2, 0.25) is 0 Å². The van der Waals surface area contributed by atoms with Crippen LogP contribution in [0.4, 0.5) is 0 Å². The van der Waals surface area contributed by atoms with Crippen molar-refractivity contribution >= 4 is 11.3 Å². The zero-order chi connectivity index (χ0) is 18.1. The highest BCUT2D eigenvalue weighted by Crippen LogP contribution is 2.36. The molecule has 0 aliphatic heterocycles. The van der Waals surface area contributed by atoms with Crippen LogP contribution in [-0.4, -0.2) is 24.0 Å². The van der Waals surface area contributed by atoms with Crippen molar-refractivity contribution in [1.29, 1.82) is 0 Å². The van der Waals surface area contributed by atoms with E-state index in [0.717, 1.165) is 47.5 Å². The number of ether oxygens (including phenoxy) is 2. The molecular formula is C20H20N2O3S. The van der Waals surface area contributed by atoms with Gasteiger partial charge in [0.1, 0.15) is 5.75 Å². The molecule has 0 unspecified atom stereocenters. The maximum absolute atomic E-state index is 12.6. The minimum absolute atomic E-state index is 0.107. The van der Waals surface area contributed by atoms with E-state index in [1.54, 1.807) is 31.6 Å². The van der Waals surface area contributed by atoms with Crippen LogP contribution in [-0.2, 0) is 24.2 Å². The Bertz CT molecular complexity index is 989. The zero-order valence-corrected chi connectivity index (χ0v) is 15.6. The van der Waals surface area contributed by atoms with Crippen molar-refractivity contribution in [1.82, 2.24) is 9.78 Å². The fourth-order valence-corrected chi connectivity index (χ4v) is 4.52. The van der Waals surface area contributed by atoms with Gasteiger partial charge in [0.25, 0.3) is 5.56 Å². The molecule has 0 amide bonds. The lowest BCUT2D eigenvalue weighted by atomic mass is 10.1. The Balaban J connectivity index is 1.85.